The number of imidazole rings is 1. The lowest BCUT2D eigenvalue weighted by molar-refractivity contribution is -0.151. The van der Waals surface area contributed by atoms with Gasteiger partial charge in [-0.15, -0.1) is 0 Å². The van der Waals surface area contributed by atoms with Gasteiger partial charge >= 0.3 is 11.7 Å². The minimum absolute atomic E-state index is 0.0609. The molecule has 9 heteroatoms. The molecule has 0 aliphatic carbocycles. The Morgan fingerprint density at radius 3 is 2.50 bits per heavy atom. The third-order valence-electron chi connectivity index (χ3n) is 2.82. The molecular weight excluding hydrogens is 308 g/mol. The van der Waals surface area contributed by atoms with E-state index in [1.807, 2.05) is 0 Å². The largest absolute Gasteiger partial charge is 0.459 e. The Kier molecular flexibility index (Phi) is 4.19. The van der Waals surface area contributed by atoms with Gasteiger partial charge in [0.2, 0.25) is 0 Å². The van der Waals surface area contributed by atoms with Crippen LogP contribution >= 0.6 is 11.8 Å². The van der Waals surface area contributed by atoms with E-state index in [-0.39, 0.29) is 22.9 Å². The maximum atomic E-state index is 12.0. The molecule has 120 valence electrons. The van der Waals surface area contributed by atoms with E-state index in [1.165, 1.54) is 18.7 Å². The lowest BCUT2D eigenvalue weighted by Gasteiger charge is -2.18. The van der Waals surface area contributed by atoms with Crippen LogP contribution in [-0.4, -0.2) is 36.4 Å². The van der Waals surface area contributed by atoms with Crippen LogP contribution < -0.4 is 11.2 Å². The Morgan fingerprint density at radius 1 is 1.27 bits per heavy atom. The van der Waals surface area contributed by atoms with Crippen LogP contribution in [-0.2, 0) is 23.6 Å². The van der Waals surface area contributed by atoms with Crippen molar-refractivity contribution in [3.8, 4) is 0 Å². The molecule has 2 aromatic rings. The normalized spacial score (nSPS) is 11.9. The van der Waals surface area contributed by atoms with Crippen LogP contribution in [0.2, 0.25) is 0 Å². The number of fused-ring (bicyclic) bond motifs is 1. The van der Waals surface area contributed by atoms with Crippen LogP contribution in [0, 0.1) is 0 Å². The van der Waals surface area contributed by atoms with Gasteiger partial charge in [0.15, 0.2) is 16.3 Å². The summed E-state index contributed by atoms with van der Waals surface area (Å²) < 4.78 is 7.48. The summed E-state index contributed by atoms with van der Waals surface area (Å²) in [7, 11) is 2.94. The van der Waals surface area contributed by atoms with E-state index in [0.717, 1.165) is 16.3 Å². The van der Waals surface area contributed by atoms with Crippen molar-refractivity contribution in [3.63, 3.8) is 0 Å². The molecule has 0 fully saturated rings. The summed E-state index contributed by atoms with van der Waals surface area (Å²) in [6.45, 7) is 5.36. The van der Waals surface area contributed by atoms with Crippen molar-refractivity contribution >= 4 is 28.9 Å². The van der Waals surface area contributed by atoms with Crippen LogP contribution in [0.3, 0.4) is 0 Å². The molecule has 0 aliphatic heterocycles. The SMILES string of the molecule is Cn1c(=O)c2[nH]c(SCC(=O)OC(C)(C)C)nc2n(C)c1=O. The Morgan fingerprint density at radius 2 is 1.91 bits per heavy atom. The number of hydrogen-bond donors (Lipinski definition) is 1. The van der Waals surface area contributed by atoms with Crippen LogP contribution in [0.25, 0.3) is 11.2 Å². The molecule has 2 rings (SSSR count). The van der Waals surface area contributed by atoms with Crippen molar-refractivity contribution in [1.29, 1.82) is 0 Å². The number of nitrogens with zero attached hydrogens (tertiary/aromatic N) is 3. The van der Waals surface area contributed by atoms with E-state index in [4.69, 9.17) is 4.74 Å². The lowest BCUT2D eigenvalue weighted by atomic mass is 10.2. The maximum Gasteiger partial charge on any atom is 0.332 e. The Labute approximate surface area is 130 Å². The van der Waals surface area contributed by atoms with E-state index in [1.54, 1.807) is 20.8 Å². The third kappa shape index (κ3) is 3.24. The van der Waals surface area contributed by atoms with Gasteiger partial charge in [0.25, 0.3) is 5.56 Å². The highest BCUT2D eigenvalue weighted by molar-refractivity contribution is 7.99. The van der Waals surface area contributed by atoms with Crippen molar-refractivity contribution < 1.29 is 9.53 Å². The van der Waals surface area contributed by atoms with Gasteiger partial charge in [0.1, 0.15) is 5.60 Å². The van der Waals surface area contributed by atoms with Gasteiger partial charge in [-0.2, -0.15) is 0 Å². The quantitative estimate of drug-likeness (QED) is 0.647. The Bertz CT molecular complexity index is 841. The summed E-state index contributed by atoms with van der Waals surface area (Å²) in [5.74, 6) is -0.314. The molecule has 0 aromatic carbocycles. The molecule has 2 heterocycles. The number of esters is 1. The standard InChI is InChI=1S/C13H18N4O4S/c1-13(2,3)21-7(18)6-22-11-14-8-9(15-11)16(4)12(20)17(5)10(8)19/h6H2,1-5H3,(H,14,15). The zero-order chi connectivity index (χ0) is 16.7. The third-order valence-corrected chi connectivity index (χ3v) is 3.67. The molecule has 0 radical (unpaired) electrons. The summed E-state index contributed by atoms with van der Waals surface area (Å²) in [6.07, 6.45) is 0. The van der Waals surface area contributed by atoms with Crippen LogP contribution in [0.5, 0.6) is 0 Å². The molecule has 0 bridgehead atoms. The number of H-pyrrole nitrogens is 1. The van der Waals surface area contributed by atoms with Crippen molar-refractivity contribution in [2.75, 3.05) is 5.75 Å². The van der Waals surface area contributed by atoms with Crippen molar-refractivity contribution in [3.05, 3.63) is 20.8 Å². The molecule has 0 saturated carbocycles. The number of carbonyl (C=O) groups is 1. The summed E-state index contributed by atoms with van der Waals surface area (Å²) in [5.41, 5.74) is -0.954. The number of aromatic amines is 1. The molecule has 2 aromatic heterocycles. The summed E-state index contributed by atoms with van der Waals surface area (Å²) in [4.78, 5) is 42.6. The maximum absolute atomic E-state index is 12.0. The molecular formula is C13H18N4O4S. The highest BCUT2D eigenvalue weighted by Crippen LogP contribution is 2.18. The average Bonchev–Trinajstić information content (AvgIpc) is 2.83. The second-order valence-electron chi connectivity index (χ2n) is 5.82. The van der Waals surface area contributed by atoms with Crippen LogP contribution in [0.4, 0.5) is 0 Å². The van der Waals surface area contributed by atoms with Gasteiger partial charge in [-0.1, -0.05) is 11.8 Å². The summed E-state index contributed by atoms with van der Waals surface area (Å²) in [6, 6.07) is 0. The zero-order valence-electron chi connectivity index (χ0n) is 13.1. The molecule has 22 heavy (non-hydrogen) atoms. The van der Waals surface area contributed by atoms with Crippen LogP contribution in [0.15, 0.2) is 14.7 Å². The molecule has 0 amide bonds. The molecule has 1 N–H and O–H groups in total. The predicted molar refractivity (Wildman–Crippen MR) is 83.1 cm³/mol. The number of aryl methyl sites for hydroxylation is 1. The Balaban J connectivity index is 2.26. The minimum Gasteiger partial charge on any atom is -0.459 e. The first kappa shape index (κ1) is 16.3. The number of nitrogens with one attached hydrogen (secondary N) is 1. The highest BCUT2D eigenvalue weighted by Gasteiger charge is 2.18. The van der Waals surface area contributed by atoms with Gasteiger partial charge in [-0.05, 0) is 20.8 Å². The predicted octanol–water partition coefficient (Wildman–Crippen LogP) is 0.394. The fraction of sp³-hybridized carbons (Fsp3) is 0.538. The van der Waals surface area contributed by atoms with E-state index >= 15 is 0 Å². The minimum atomic E-state index is -0.550. The molecule has 0 spiro atoms. The van der Waals surface area contributed by atoms with Gasteiger partial charge in [-0.25, -0.2) is 9.78 Å². The number of thioether (sulfide) groups is 1. The molecule has 0 saturated heterocycles. The van der Waals surface area contributed by atoms with E-state index in [2.05, 4.69) is 9.97 Å². The van der Waals surface area contributed by atoms with E-state index in [0.29, 0.717) is 5.16 Å². The first-order valence-electron chi connectivity index (χ1n) is 6.60. The van der Waals surface area contributed by atoms with Gasteiger partial charge in [0, 0.05) is 14.1 Å². The van der Waals surface area contributed by atoms with Gasteiger partial charge in [0.05, 0.1) is 5.75 Å². The smallest absolute Gasteiger partial charge is 0.332 e. The molecule has 8 nitrogen and oxygen atoms in total. The molecule has 0 atom stereocenters. The van der Waals surface area contributed by atoms with E-state index < -0.39 is 16.9 Å². The number of carbonyl (C=O) groups excluding carboxylic acids is 1. The van der Waals surface area contributed by atoms with E-state index in [9.17, 15) is 14.4 Å². The van der Waals surface area contributed by atoms with Gasteiger partial charge < -0.3 is 9.72 Å². The van der Waals surface area contributed by atoms with Crippen molar-refractivity contribution in [1.82, 2.24) is 19.1 Å². The molecule has 0 unspecified atom stereocenters. The monoisotopic (exact) mass is 326 g/mol. The highest BCUT2D eigenvalue weighted by atomic mass is 32.2. The summed E-state index contributed by atoms with van der Waals surface area (Å²) in [5, 5.41) is 0.388. The Hall–Kier alpha value is -2.03. The lowest BCUT2D eigenvalue weighted by Crippen LogP contribution is -2.36. The first-order chi connectivity index (χ1) is 10.1. The number of aromatic nitrogens is 4. The fourth-order valence-electron chi connectivity index (χ4n) is 1.87. The van der Waals surface area contributed by atoms with Crippen molar-refractivity contribution in [2.45, 2.75) is 31.5 Å². The van der Waals surface area contributed by atoms with Gasteiger partial charge in [-0.3, -0.25) is 18.7 Å². The molecule has 0 aliphatic rings. The first-order valence-corrected chi connectivity index (χ1v) is 7.59. The topological polar surface area (TPSA) is 99.0 Å². The average molecular weight is 326 g/mol. The summed E-state index contributed by atoms with van der Waals surface area (Å²) >= 11 is 1.12. The van der Waals surface area contributed by atoms with Crippen molar-refractivity contribution in [2.24, 2.45) is 14.1 Å². The number of hydrogen-bond acceptors (Lipinski definition) is 6. The second-order valence-corrected chi connectivity index (χ2v) is 6.79. The zero-order valence-corrected chi connectivity index (χ0v) is 13.9. The fourth-order valence-corrected chi connectivity index (χ4v) is 2.51. The number of ether oxygens (including phenoxy) is 1. The number of rotatable bonds is 3. The second kappa shape index (κ2) is 5.64. The van der Waals surface area contributed by atoms with Crippen LogP contribution in [0.1, 0.15) is 20.8 Å².